The molecule has 2 aromatic carbocycles. The molecule has 0 fully saturated rings. The molecule has 0 saturated carbocycles. The van der Waals surface area contributed by atoms with Crippen LogP contribution in [0.1, 0.15) is 0 Å². The first kappa shape index (κ1) is 23.4. The third-order valence-electron chi connectivity index (χ3n) is 4.89. The van der Waals surface area contributed by atoms with Crippen molar-refractivity contribution < 1.29 is 18.3 Å². The molecule has 0 radical (unpaired) electrons. The molecule has 4 aromatic rings. The Morgan fingerprint density at radius 3 is 2.57 bits per heavy atom. The van der Waals surface area contributed by atoms with Crippen molar-refractivity contribution in [3.63, 3.8) is 0 Å². The topological polar surface area (TPSA) is 106 Å². The number of nitrogens with one attached hydrogen (secondary N) is 3. The predicted octanol–water partition coefficient (Wildman–Crippen LogP) is 4.78. The number of hydrogen-bond acceptors (Lipinski definition) is 7. The fraction of sp³-hybridized carbons (Fsp3) is 0.0833. The predicted molar refractivity (Wildman–Crippen MR) is 129 cm³/mol. The van der Waals surface area contributed by atoms with Crippen LogP contribution in [0, 0.1) is 11.6 Å². The lowest BCUT2D eigenvalue weighted by Crippen LogP contribution is -2.08. The van der Waals surface area contributed by atoms with E-state index in [9.17, 15) is 13.6 Å². The number of carbonyl (C=O) groups excluding carboxylic acids is 1. The van der Waals surface area contributed by atoms with Crippen molar-refractivity contribution in [1.29, 1.82) is 0 Å². The summed E-state index contributed by atoms with van der Waals surface area (Å²) in [7, 11) is 3.19. The Kier molecular flexibility index (Phi) is 6.67. The van der Waals surface area contributed by atoms with Gasteiger partial charge in [-0.05, 0) is 36.4 Å². The second-order valence-corrected chi connectivity index (χ2v) is 7.34. The van der Waals surface area contributed by atoms with Crippen molar-refractivity contribution in [2.75, 3.05) is 23.1 Å². The van der Waals surface area contributed by atoms with Gasteiger partial charge in [0.2, 0.25) is 11.9 Å². The number of rotatable bonds is 8. The Labute approximate surface area is 199 Å². The van der Waals surface area contributed by atoms with Gasteiger partial charge in [-0.1, -0.05) is 6.58 Å². The minimum absolute atomic E-state index is 0.00746. The maximum Gasteiger partial charge on any atom is 0.247 e. The zero-order valence-corrected chi connectivity index (χ0v) is 18.8. The minimum Gasteiger partial charge on any atom is -0.497 e. The number of hydrogen-bond donors (Lipinski definition) is 3. The van der Waals surface area contributed by atoms with Gasteiger partial charge >= 0.3 is 0 Å². The molecule has 0 atom stereocenters. The van der Waals surface area contributed by atoms with Crippen LogP contribution in [0.15, 0.2) is 67.6 Å². The Balaban J connectivity index is 1.76. The summed E-state index contributed by atoms with van der Waals surface area (Å²) < 4.78 is 36.2. The van der Waals surface area contributed by atoms with Crippen LogP contribution in [0.2, 0.25) is 0 Å². The van der Waals surface area contributed by atoms with Crippen molar-refractivity contribution in [3.05, 3.63) is 79.3 Å². The molecule has 0 saturated heterocycles. The molecule has 0 spiro atoms. The van der Waals surface area contributed by atoms with E-state index in [1.807, 2.05) is 0 Å². The molecular formula is C24H21F2N7O2. The highest BCUT2D eigenvalue weighted by atomic mass is 19.1. The molecule has 0 aliphatic rings. The fourth-order valence-electron chi connectivity index (χ4n) is 3.21. The molecule has 9 nitrogen and oxygen atoms in total. The van der Waals surface area contributed by atoms with Crippen LogP contribution in [0.25, 0.3) is 11.1 Å². The van der Waals surface area contributed by atoms with E-state index in [0.29, 0.717) is 17.1 Å². The van der Waals surface area contributed by atoms with Gasteiger partial charge in [0.15, 0.2) is 0 Å². The third kappa shape index (κ3) is 5.41. The van der Waals surface area contributed by atoms with Crippen LogP contribution in [-0.4, -0.2) is 32.8 Å². The van der Waals surface area contributed by atoms with E-state index in [0.717, 1.165) is 6.08 Å². The smallest absolute Gasteiger partial charge is 0.247 e. The molecule has 178 valence electrons. The van der Waals surface area contributed by atoms with Crippen LogP contribution in [0.4, 0.5) is 37.6 Å². The Bertz CT molecular complexity index is 1400. The number of nitrogens with zero attached hydrogens (tertiary/aromatic N) is 4. The van der Waals surface area contributed by atoms with Crippen molar-refractivity contribution in [2.24, 2.45) is 7.05 Å². The molecule has 0 unspecified atom stereocenters. The number of aromatic nitrogens is 4. The van der Waals surface area contributed by atoms with Gasteiger partial charge in [0.25, 0.3) is 0 Å². The summed E-state index contributed by atoms with van der Waals surface area (Å²) in [5, 5.41) is 12.5. The molecule has 0 aliphatic carbocycles. The lowest BCUT2D eigenvalue weighted by Gasteiger charge is -2.15. The first-order valence-corrected chi connectivity index (χ1v) is 10.3. The number of anilines is 5. The van der Waals surface area contributed by atoms with Crippen LogP contribution >= 0.6 is 0 Å². The summed E-state index contributed by atoms with van der Waals surface area (Å²) in [6, 6.07) is 8.32. The molecule has 2 heterocycles. The van der Waals surface area contributed by atoms with Crippen LogP contribution in [0.5, 0.6) is 5.75 Å². The van der Waals surface area contributed by atoms with E-state index in [2.05, 4.69) is 37.6 Å². The Hall–Kier alpha value is -4.80. The van der Waals surface area contributed by atoms with Crippen LogP contribution < -0.4 is 20.7 Å². The number of methoxy groups -OCH3 is 1. The van der Waals surface area contributed by atoms with Crippen LogP contribution in [-0.2, 0) is 11.8 Å². The van der Waals surface area contributed by atoms with Crippen molar-refractivity contribution in [3.8, 4) is 16.9 Å². The SMILES string of the molecule is C=CC(=O)Nc1ccc(F)c(Nc2nc(Nc3cnn(C)c3)ncc2-c2ccc(OC)cc2F)c1. The summed E-state index contributed by atoms with van der Waals surface area (Å²) in [4.78, 5) is 20.4. The van der Waals surface area contributed by atoms with Gasteiger partial charge in [-0.2, -0.15) is 10.1 Å². The van der Waals surface area contributed by atoms with Crippen molar-refractivity contribution in [1.82, 2.24) is 19.7 Å². The molecule has 4 rings (SSSR count). The Morgan fingerprint density at radius 2 is 1.89 bits per heavy atom. The highest BCUT2D eigenvalue weighted by molar-refractivity contribution is 5.99. The summed E-state index contributed by atoms with van der Waals surface area (Å²) >= 11 is 0. The van der Waals surface area contributed by atoms with E-state index < -0.39 is 17.5 Å². The minimum atomic E-state index is -0.608. The highest BCUT2D eigenvalue weighted by Crippen LogP contribution is 2.34. The van der Waals surface area contributed by atoms with E-state index in [1.165, 1.54) is 43.6 Å². The zero-order chi connectivity index (χ0) is 24.9. The van der Waals surface area contributed by atoms with Gasteiger partial charge in [-0.25, -0.2) is 13.8 Å². The number of aryl methyl sites for hydroxylation is 1. The average Bonchev–Trinajstić information content (AvgIpc) is 3.26. The second kappa shape index (κ2) is 10.00. The number of carbonyl (C=O) groups is 1. The highest BCUT2D eigenvalue weighted by Gasteiger charge is 2.17. The summed E-state index contributed by atoms with van der Waals surface area (Å²) in [6.07, 6.45) is 5.82. The quantitative estimate of drug-likeness (QED) is 0.314. The van der Waals surface area contributed by atoms with Gasteiger partial charge in [0.05, 0.1) is 24.7 Å². The standard InChI is InChI=1S/C24H21F2N7O2/c1-4-22(34)29-14-5-8-19(25)21(9-14)31-23-18(17-7-6-16(35-3)10-20(17)26)12-27-24(32-23)30-15-11-28-33(2)13-15/h4-13H,1H2,2-3H3,(H,29,34)(H2,27,30,31,32). The molecule has 0 aliphatic heterocycles. The molecule has 0 bridgehead atoms. The van der Waals surface area contributed by atoms with Crippen molar-refractivity contribution in [2.45, 2.75) is 0 Å². The molecular weight excluding hydrogens is 456 g/mol. The maximum atomic E-state index is 14.9. The molecule has 1 amide bonds. The van der Waals surface area contributed by atoms with Crippen LogP contribution in [0.3, 0.4) is 0 Å². The van der Waals surface area contributed by atoms with E-state index in [4.69, 9.17) is 4.74 Å². The zero-order valence-electron chi connectivity index (χ0n) is 18.8. The number of ether oxygens (including phenoxy) is 1. The van der Waals surface area contributed by atoms with Gasteiger partial charge in [0, 0.05) is 42.3 Å². The first-order valence-electron chi connectivity index (χ1n) is 10.3. The van der Waals surface area contributed by atoms with Crippen molar-refractivity contribution >= 4 is 34.7 Å². The second-order valence-electron chi connectivity index (χ2n) is 7.34. The van der Waals surface area contributed by atoms with E-state index in [-0.39, 0.29) is 28.6 Å². The molecule has 35 heavy (non-hydrogen) atoms. The summed E-state index contributed by atoms with van der Waals surface area (Å²) in [6.45, 7) is 3.40. The maximum absolute atomic E-state index is 14.9. The fourth-order valence-corrected chi connectivity index (χ4v) is 3.21. The van der Waals surface area contributed by atoms with Gasteiger partial charge in [-0.15, -0.1) is 0 Å². The normalized spacial score (nSPS) is 10.5. The number of amides is 1. The summed E-state index contributed by atoms with van der Waals surface area (Å²) in [5.74, 6) is -0.988. The average molecular weight is 477 g/mol. The first-order chi connectivity index (χ1) is 16.9. The molecule has 3 N–H and O–H groups in total. The monoisotopic (exact) mass is 477 g/mol. The van der Waals surface area contributed by atoms with E-state index in [1.54, 1.807) is 30.2 Å². The number of halogens is 2. The third-order valence-corrected chi connectivity index (χ3v) is 4.89. The molecule has 2 aromatic heterocycles. The lowest BCUT2D eigenvalue weighted by atomic mass is 10.1. The number of benzene rings is 2. The largest absolute Gasteiger partial charge is 0.497 e. The lowest BCUT2D eigenvalue weighted by molar-refractivity contribution is -0.111. The Morgan fingerprint density at radius 1 is 1.06 bits per heavy atom. The van der Waals surface area contributed by atoms with Gasteiger partial charge in [0.1, 0.15) is 23.2 Å². The van der Waals surface area contributed by atoms with E-state index >= 15 is 0 Å². The summed E-state index contributed by atoms with van der Waals surface area (Å²) in [5.41, 5.74) is 1.42. The molecule has 11 heteroatoms. The van der Waals surface area contributed by atoms with Gasteiger partial charge < -0.3 is 20.7 Å². The van der Waals surface area contributed by atoms with Gasteiger partial charge in [-0.3, -0.25) is 9.48 Å².